The Bertz CT molecular complexity index is 626. The van der Waals surface area contributed by atoms with Crippen molar-refractivity contribution in [3.05, 3.63) is 0 Å². The Morgan fingerprint density at radius 1 is 0.605 bits per heavy atom. The van der Waals surface area contributed by atoms with E-state index in [1.807, 2.05) is 0 Å². The standard InChI is InChI=1S/C31H63NO5S/c1-3-5-7-9-11-13-15-16-17-18-20-22-24-26-31(34)32(28-30(33)29-38(35,36)37)27-25-23-21-19-14-12-10-8-6-4-2/h30,33H,3-29H2,1-2H3,(H,35,36,37). The van der Waals surface area contributed by atoms with Crippen molar-refractivity contribution < 1.29 is 22.9 Å². The van der Waals surface area contributed by atoms with Gasteiger partial charge in [-0.15, -0.1) is 0 Å². The fourth-order valence-corrected chi connectivity index (χ4v) is 5.70. The van der Waals surface area contributed by atoms with Gasteiger partial charge in [0.1, 0.15) is 5.75 Å². The van der Waals surface area contributed by atoms with Gasteiger partial charge in [-0.1, -0.05) is 149 Å². The van der Waals surface area contributed by atoms with Crippen LogP contribution >= 0.6 is 0 Å². The maximum Gasteiger partial charge on any atom is 0.267 e. The van der Waals surface area contributed by atoms with Crippen molar-refractivity contribution in [2.24, 2.45) is 0 Å². The number of nitrogens with zero attached hydrogens (tertiary/aromatic N) is 1. The summed E-state index contributed by atoms with van der Waals surface area (Å²) in [6.45, 7) is 4.99. The first-order valence-corrected chi connectivity index (χ1v) is 17.8. The third-order valence-corrected chi connectivity index (χ3v) is 8.27. The highest BCUT2D eigenvalue weighted by atomic mass is 32.2. The molecule has 0 aromatic carbocycles. The van der Waals surface area contributed by atoms with Gasteiger partial charge in [0, 0.05) is 19.5 Å². The third kappa shape index (κ3) is 26.9. The molecule has 0 aliphatic carbocycles. The molecule has 228 valence electrons. The Kier molecular flexibility index (Phi) is 26.1. The molecule has 0 heterocycles. The van der Waals surface area contributed by atoms with Crippen LogP contribution in [-0.4, -0.2) is 53.8 Å². The first-order valence-electron chi connectivity index (χ1n) is 16.2. The van der Waals surface area contributed by atoms with Gasteiger partial charge in [0.15, 0.2) is 0 Å². The van der Waals surface area contributed by atoms with Gasteiger partial charge in [-0.3, -0.25) is 9.35 Å². The number of aliphatic hydroxyl groups is 1. The molecule has 0 saturated carbocycles. The second-order valence-corrected chi connectivity index (χ2v) is 12.9. The SMILES string of the molecule is CCCCCCCCCCCCCCCC(=O)N(CCCCCCCCCCCC)CC(O)CS(=O)(=O)O. The maximum absolute atomic E-state index is 12.8. The zero-order chi connectivity index (χ0) is 28.3. The number of hydrogen-bond acceptors (Lipinski definition) is 4. The highest BCUT2D eigenvalue weighted by Crippen LogP contribution is 2.15. The number of carbonyl (C=O) groups is 1. The van der Waals surface area contributed by atoms with Crippen molar-refractivity contribution in [2.75, 3.05) is 18.8 Å². The summed E-state index contributed by atoms with van der Waals surface area (Å²) < 4.78 is 31.3. The van der Waals surface area contributed by atoms with E-state index in [-0.39, 0.29) is 12.5 Å². The topological polar surface area (TPSA) is 94.9 Å². The summed E-state index contributed by atoms with van der Waals surface area (Å²) in [7, 11) is -4.27. The van der Waals surface area contributed by atoms with Gasteiger partial charge in [-0.25, -0.2) is 0 Å². The second kappa shape index (κ2) is 26.6. The summed E-state index contributed by atoms with van der Waals surface area (Å²) >= 11 is 0. The molecule has 0 bridgehead atoms. The quantitative estimate of drug-likeness (QED) is 0.0705. The van der Waals surface area contributed by atoms with Crippen molar-refractivity contribution in [3.63, 3.8) is 0 Å². The minimum absolute atomic E-state index is 0.0154. The molecule has 0 radical (unpaired) electrons. The number of rotatable bonds is 29. The molecule has 0 spiro atoms. The highest BCUT2D eigenvalue weighted by Gasteiger charge is 2.21. The number of hydrogen-bond donors (Lipinski definition) is 2. The largest absolute Gasteiger partial charge is 0.390 e. The summed E-state index contributed by atoms with van der Waals surface area (Å²) in [6.07, 6.45) is 27.5. The third-order valence-electron chi connectivity index (χ3n) is 7.46. The number of unbranched alkanes of at least 4 members (excludes halogenated alkanes) is 21. The fourth-order valence-electron chi connectivity index (χ4n) is 5.11. The molecule has 0 aliphatic heterocycles. The van der Waals surface area contributed by atoms with Crippen LogP contribution in [0.2, 0.25) is 0 Å². The molecule has 0 rings (SSSR count). The zero-order valence-electron chi connectivity index (χ0n) is 25.1. The normalized spacial score (nSPS) is 12.6. The molecule has 38 heavy (non-hydrogen) atoms. The lowest BCUT2D eigenvalue weighted by Gasteiger charge is -2.25. The van der Waals surface area contributed by atoms with Crippen LogP contribution in [0, 0.1) is 0 Å². The Morgan fingerprint density at radius 2 is 0.947 bits per heavy atom. The lowest BCUT2D eigenvalue weighted by atomic mass is 10.0. The van der Waals surface area contributed by atoms with Crippen LogP contribution in [0.15, 0.2) is 0 Å². The van der Waals surface area contributed by atoms with E-state index in [1.54, 1.807) is 4.90 Å². The Balaban J connectivity index is 4.10. The van der Waals surface area contributed by atoms with E-state index in [2.05, 4.69) is 13.8 Å². The predicted octanol–water partition coefficient (Wildman–Crippen LogP) is 8.47. The smallest absolute Gasteiger partial charge is 0.267 e. The summed E-state index contributed by atoms with van der Waals surface area (Å²) in [6, 6.07) is 0. The molecule has 7 heteroatoms. The molecule has 1 unspecified atom stereocenters. The van der Waals surface area contributed by atoms with Gasteiger partial charge in [0.2, 0.25) is 5.91 Å². The molecule has 1 atom stereocenters. The van der Waals surface area contributed by atoms with E-state index in [9.17, 15) is 18.3 Å². The van der Waals surface area contributed by atoms with Crippen LogP contribution in [-0.2, 0) is 14.9 Å². The summed E-state index contributed by atoms with van der Waals surface area (Å²) in [4.78, 5) is 14.5. The summed E-state index contributed by atoms with van der Waals surface area (Å²) in [5.41, 5.74) is 0. The summed E-state index contributed by atoms with van der Waals surface area (Å²) in [5, 5.41) is 10.1. The highest BCUT2D eigenvalue weighted by molar-refractivity contribution is 7.85. The van der Waals surface area contributed by atoms with Gasteiger partial charge < -0.3 is 10.0 Å². The molecule has 1 amide bonds. The van der Waals surface area contributed by atoms with E-state index in [1.165, 1.54) is 109 Å². The molecule has 0 saturated heterocycles. The molecule has 0 aromatic rings. The first kappa shape index (κ1) is 37.3. The van der Waals surface area contributed by atoms with Gasteiger partial charge in [-0.2, -0.15) is 8.42 Å². The van der Waals surface area contributed by atoms with Crippen LogP contribution < -0.4 is 0 Å². The van der Waals surface area contributed by atoms with Gasteiger partial charge in [0.25, 0.3) is 10.1 Å². The minimum atomic E-state index is -4.27. The lowest BCUT2D eigenvalue weighted by Crippen LogP contribution is -2.40. The minimum Gasteiger partial charge on any atom is -0.390 e. The Morgan fingerprint density at radius 3 is 1.32 bits per heavy atom. The van der Waals surface area contributed by atoms with Crippen molar-refractivity contribution in [1.82, 2.24) is 4.90 Å². The van der Waals surface area contributed by atoms with Crippen LogP contribution in [0.4, 0.5) is 0 Å². The van der Waals surface area contributed by atoms with Gasteiger partial charge >= 0.3 is 0 Å². The number of aliphatic hydroxyl groups excluding tert-OH is 1. The van der Waals surface area contributed by atoms with Crippen LogP contribution in [0.25, 0.3) is 0 Å². The average Bonchev–Trinajstić information content (AvgIpc) is 2.86. The first-order chi connectivity index (χ1) is 18.3. The van der Waals surface area contributed by atoms with E-state index in [4.69, 9.17) is 4.55 Å². The second-order valence-electron chi connectivity index (χ2n) is 11.4. The molecule has 6 nitrogen and oxygen atoms in total. The predicted molar refractivity (Wildman–Crippen MR) is 161 cm³/mol. The monoisotopic (exact) mass is 561 g/mol. The maximum atomic E-state index is 12.8. The van der Waals surface area contributed by atoms with Crippen molar-refractivity contribution in [2.45, 2.75) is 174 Å². The van der Waals surface area contributed by atoms with Crippen LogP contribution in [0.1, 0.15) is 168 Å². The van der Waals surface area contributed by atoms with Crippen LogP contribution in [0.5, 0.6) is 0 Å². The van der Waals surface area contributed by atoms with Gasteiger partial charge in [0.05, 0.1) is 6.10 Å². The Hall–Kier alpha value is -0.660. The van der Waals surface area contributed by atoms with Crippen LogP contribution in [0.3, 0.4) is 0 Å². The van der Waals surface area contributed by atoms with E-state index < -0.39 is 22.0 Å². The number of carbonyl (C=O) groups excluding carboxylic acids is 1. The zero-order valence-corrected chi connectivity index (χ0v) is 26.0. The summed E-state index contributed by atoms with van der Waals surface area (Å²) in [5.74, 6) is -0.744. The van der Waals surface area contributed by atoms with Crippen molar-refractivity contribution in [3.8, 4) is 0 Å². The van der Waals surface area contributed by atoms with Crippen molar-refractivity contribution >= 4 is 16.0 Å². The Labute approximate surface area is 236 Å². The molecule has 0 fully saturated rings. The van der Waals surface area contributed by atoms with E-state index in [0.29, 0.717) is 13.0 Å². The molecular formula is C31H63NO5S. The molecule has 0 aromatic heterocycles. The van der Waals surface area contributed by atoms with E-state index >= 15 is 0 Å². The molecule has 2 N–H and O–H groups in total. The van der Waals surface area contributed by atoms with Gasteiger partial charge in [-0.05, 0) is 12.8 Å². The average molecular weight is 562 g/mol. The van der Waals surface area contributed by atoms with Crippen molar-refractivity contribution in [1.29, 1.82) is 0 Å². The number of amides is 1. The molecule has 0 aliphatic rings. The molecular weight excluding hydrogens is 498 g/mol. The fraction of sp³-hybridized carbons (Fsp3) is 0.968. The van der Waals surface area contributed by atoms with E-state index in [0.717, 1.165) is 38.5 Å². The lowest BCUT2D eigenvalue weighted by molar-refractivity contribution is -0.132.